The monoisotopic (exact) mass is 335 g/mol. The van der Waals surface area contributed by atoms with Crippen LogP contribution in [0.3, 0.4) is 0 Å². The van der Waals surface area contributed by atoms with Crippen LogP contribution in [0, 0.1) is 5.82 Å². The van der Waals surface area contributed by atoms with E-state index in [-0.39, 0.29) is 18.5 Å². The SMILES string of the molecule is CC(NCCSCCCO)c1ccc(F)c(Br)c1. The maximum Gasteiger partial charge on any atom is 0.137 e. The molecule has 0 aliphatic carbocycles. The number of aliphatic hydroxyl groups is 1. The fourth-order valence-electron chi connectivity index (χ4n) is 1.52. The number of hydrogen-bond donors (Lipinski definition) is 2. The second-order valence-electron chi connectivity index (χ2n) is 4.04. The molecule has 1 aromatic carbocycles. The van der Waals surface area contributed by atoms with E-state index in [4.69, 9.17) is 5.11 Å². The second-order valence-corrected chi connectivity index (χ2v) is 6.12. The Morgan fingerprint density at radius 1 is 1.44 bits per heavy atom. The number of aliphatic hydroxyl groups excluding tert-OH is 1. The van der Waals surface area contributed by atoms with Crippen LogP contribution in [-0.4, -0.2) is 29.8 Å². The van der Waals surface area contributed by atoms with Gasteiger partial charge in [0, 0.05) is 24.9 Å². The molecule has 0 saturated carbocycles. The number of rotatable bonds is 8. The molecule has 0 aliphatic heterocycles. The number of benzene rings is 1. The van der Waals surface area contributed by atoms with E-state index in [1.54, 1.807) is 6.07 Å². The zero-order chi connectivity index (χ0) is 13.4. The Kier molecular flexibility index (Phi) is 7.90. The summed E-state index contributed by atoms with van der Waals surface area (Å²) >= 11 is 5.02. The van der Waals surface area contributed by atoms with Crippen molar-refractivity contribution in [1.82, 2.24) is 5.32 Å². The largest absolute Gasteiger partial charge is 0.396 e. The highest BCUT2D eigenvalue weighted by atomic mass is 79.9. The maximum absolute atomic E-state index is 13.1. The molecule has 102 valence electrons. The Morgan fingerprint density at radius 3 is 2.89 bits per heavy atom. The molecule has 1 aromatic rings. The second kappa shape index (κ2) is 8.91. The van der Waals surface area contributed by atoms with Crippen molar-refractivity contribution in [2.45, 2.75) is 19.4 Å². The van der Waals surface area contributed by atoms with Crippen molar-refractivity contribution >= 4 is 27.7 Å². The van der Waals surface area contributed by atoms with E-state index in [0.29, 0.717) is 4.47 Å². The van der Waals surface area contributed by atoms with Crippen LogP contribution < -0.4 is 5.32 Å². The summed E-state index contributed by atoms with van der Waals surface area (Å²) in [5, 5.41) is 12.0. The van der Waals surface area contributed by atoms with Gasteiger partial charge in [0.1, 0.15) is 5.82 Å². The third-order valence-electron chi connectivity index (χ3n) is 2.59. The van der Waals surface area contributed by atoms with Crippen molar-refractivity contribution in [3.8, 4) is 0 Å². The predicted molar refractivity (Wildman–Crippen MR) is 79.5 cm³/mol. The smallest absolute Gasteiger partial charge is 0.137 e. The molecule has 0 radical (unpaired) electrons. The summed E-state index contributed by atoms with van der Waals surface area (Å²) in [6, 6.07) is 5.30. The van der Waals surface area contributed by atoms with Gasteiger partial charge in [-0.05, 0) is 52.7 Å². The van der Waals surface area contributed by atoms with E-state index in [2.05, 4.69) is 28.2 Å². The van der Waals surface area contributed by atoms with Gasteiger partial charge in [-0.15, -0.1) is 0 Å². The normalized spacial score (nSPS) is 12.7. The molecule has 18 heavy (non-hydrogen) atoms. The Balaban J connectivity index is 2.27. The molecule has 2 N–H and O–H groups in total. The number of thioether (sulfide) groups is 1. The highest BCUT2D eigenvalue weighted by molar-refractivity contribution is 9.10. The van der Waals surface area contributed by atoms with Crippen LogP contribution in [0.2, 0.25) is 0 Å². The van der Waals surface area contributed by atoms with Crippen LogP contribution in [0.1, 0.15) is 24.9 Å². The Hall–Kier alpha value is -0.100. The first-order chi connectivity index (χ1) is 8.65. The van der Waals surface area contributed by atoms with Crippen molar-refractivity contribution in [3.63, 3.8) is 0 Å². The van der Waals surface area contributed by atoms with Crippen LogP contribution in [0.25, 0.3) is 0 Å². The van der Waals surface area contributed by atoms with E-state index >= 15 is 0 Å². The highest BCUT2D eigenvalue weighted by Gasteiger charge is 2.07. The first-order valence-electron chi connectivity index (χ1n) is 6.02. The predicted octanol–water partition coefficient (Wildman–Crippen LogP) is 3.35. The standard InChI is InChI=1S/C13H19BrFNOS/c1-10(16-5-8-18-7-2-6-17)11-3-4-13(15)12(14)9-11/h3-4,9-10,16-17H,2,5-8H2,1H3. The highest BCUT2D eigenvalue weighted by Crippen LogP contribution is 2.21. The molecule has 0 fully saturated rings. The summed E-state index contributed by atoms with van der Waals surface area (Å²) in [5.41, 5.74) is 1.07. The molecule has 0 spiro atoms. The van der Waals surface area contributed by atoms with Gasteiger partial charge in [-0.1, -0.05) is 6.07 Å². The number of hydrogen-bond acceptors (Lipinski definition) is 3. The fraction of sp³-hybridized carbons (Fsp3) is 0.538. The lowest BCUT2D eigenvalue weighted by Gasteiger charge is -2.14. The summed E-state index contributed by atoms with van der Waals surface area (Å²) in [4.78, 5) is 0. The maximum atomic E-state index is 13.1. The average Bonchev–Trinajstić information content (AvgIpc) is 2.36. The molecule has 2 nitrogen and oxygen atoms in total. The molecule has 0 saturated heterocycles. The van der Waals surface area contributed by atoms with Crippen LogP contribution in [0.4, 0.5) is 4.39 Å². The molecule has 0 aromatic heterocycles. The van der Waals surface area contributed by atoms with E-state index in [1.165, 1.54) is 6.07 Å². The van der Waals surface area contributed by atoms with Gasteiger partial charge in [0.15, 0.2) is 0 Å². The van der Waals surface area contributed by atoms with Gasteiger partial charge >= 0.3 is 0 Å². The Morgan fingerprint density at radius 2 is 2.22 bits per heavy atom. The van der Waals surface area contributed by atoms with E-state index < -0.39 is 0 Å². The summed E-state index contributed by atoms with van der Waals surface area (Å²) in [6.07, 6.45) is 0.852. The third-order valence-corrected chi connectivity index (χ3v) is 4.27. The molecule has 5 heteroatoms. The topological polar surface area (TPSA) is 32.3 Å². The number of halogens is 2. The minimum Gasteiger partial charge on any atom is -0.396 e. The first-order valence-corrected chi connectivity index (χ1v) is 7.97. The van der Waals surface area contributed by atoms with Crippen molar-refractivity contribution in [2.75, 3.05) is 24.7 Å². The van der Waals surface area contributed by atoms with Crippen molar-refractivity contribution < 1.29 is 9.50 Å². The quantitative estimate of drug-likeness (QED) is 0.714. The van der Waals surface area contributed by atoms with Crippen molar-refractivity contribution in [3.05, 3.63) is 34.1 Å². The lowest BCUT2D eigenvalue weighted by molar-refractivity contribution is 0.296. The molecular formula is C13H19BrFNOS. The molecule has 0 aliphatic rings. The fourth-order valence-corrected chi connectivity index (χ4v) is 2.71. The summed E-state index contributed by atoms with van der Waals surface area (Å²) in [5.74, 6) is 1.78. The van der Waals surface area contributed by atoms with Crippen LogP contribution >= 0.6 is 27.7 Å². The molecule has 1 rings (SSSR count). The molecular weight excluding hydrogens is 317 g/mol. The first kappa shape index (κ1) is 16.0. The summed E-state index contributed by atoms with van der Waals surface area (Å²) in [7, 11) is 0. The van der Waals surface area contributed by atoms with E-state index in [0.717, 1.165) is 30.0 Å². The minimum absolute atomic E-state index is 0.209. The minimum atomic E-state index is -0.231. The van der Waals surface area contributed by atoms with E-state index in [1.807, 2.05) is 17.8 Å². The molecule has 0 heterocycles. The van der Waals surface area contributed by atoms with Gasteiger partial charge < -0.3 is 10.4 Å². The van der Waals surface area contributed by atoms with Gasteiger partial charge in [-0.25, -0.2) is 4.39 Å². The Bertz CT molecular complexity index is 365. The van der Waals surface area contributed by atoms with Gasteiger partial charge in [0.25, 0.3) is 0 Å². The van der Waals surface area contributed by atoms with Gasteiger partial charge in [-0.2, -0.15) is 11.8 Å². The molecule has 0 amide bonds. The van der Waals surface area contributed by atoms with Gasteiger partial charge in [-0.3, -0.25) is 0 Å². The van der Waals surface area contributed by atoms with Gasteiger partial charge in [0.05, 0.1) is 4.47 Å². The van der Waals surface area contributed by atoms with E-state index in [9.17, 15) is 4.39 Å². The zero-order valence-electron chi connectivity index (χ0n) is 10.5. The van der Waals surface area contributed by atoms with Gasteiger partial charge in [0.2, 0.25) is 0 Å². The third kappa shape index (κ3) is 5.69. The van der Waals surface area contributed by atoms with Crippen molar-refractivity contribution in [1.29, 1.82) is 0 Å². The van der Waals surface area contributed by atoms with Crippen molar-refractivity contribution in [2.24, 2.45) is 0 Å². The molecule has 1 unspecified atom stereocenters. The van der Waals surface area contributed by atoms with Crippen LogP contribution in [0.5, 0.6) is 0 Å². The molecule has 1 atom stereocenters. The lowest BCUT2D eigenvalue weighted by atomic mass is 10.1. The Labute approximate surface area is 120 Å². The number of nitrogens with one attached hydrogen (secondary N) is 1. The van der Waals surface area contributed by atoms with Crippen LogP contribution in [0.15, 0.2) is 22.7 Å². The zero-order valence-corrected chi connectivity index (χ0v) is 12.9. The summed E-state index contributed by atoms with van der Waals surface area (Å²) < 4.78 is 13.6. The lowest BCUT2D eigenvalue weighted by Crippen LogP contribution is -2.21. The summed E-state index contributed by atoms with van der Waals surface area (Å²) in [6.45, 7) is 3.24. The van der Waals surface area contributed by atoms with Crippen LogP contribution in [-0.2, 0) is 0 Å². The average molecular weight is 336 g/mol. The molecule has 0 bridgehead atoms.